The van der Waals surface area contributed by atoms with Crippen LogP contribution in [0.25, 0.3) is 10.9 Å². The van der Waals surface area contributed by atoms with Crippen LogP contribution in [0.2, 0.25) is 0 Å². The highest BCUT2D eigenvalue weighted by atomic mass is 16.3. The van der Waals surface area contributed by atoms with E-state index in [-0.39, 0.29) is 6.61 Å². The summed E-state index contributed by atoms with van der Waals surface area (Å²) in [6.07, 6.45) is 1.81. The van der Waals surface area contributed by atoms with Gasteiger partial charge in [-0.25, -0.2) is 0 Å². The standard InChI is InChI=1S/C7H6N2.C7H8O/c1-2-4-7-6(3-1)5-8-9-7;8-6-7-4-2-1-3-5-7/h1-5H,(H,8,9);1-5,8H,6H2. The summed E-state index contributed by atoms with van der Waals surface area (Å²) in [5, 5.41) is 16.4. The van der Waals surface area contributed by atoms with Crippen molar-refractivity contribution in [2.45, 2.75) is 6.61 Å². The molecule has 3 aromatic rings. The van der Waals surface area contributed by atoms with Crippen LogP contribution in [-0.4, -0.2) is 15.3 Å². The number of nitrogens with one attached hydrogen (secondary N) is 1. The topological polar surface area (TPSA) is 48.9 Å². The van der Waals surface area contributed by atoms with E-state index in [0.29, 0.717) is 0 Å². The van der Waals surface area contributed by atoms with Crippen molar-refractivity contribution in [2.24, 2.45) is 0 Å². The molecule has 2 N–H and O–H groups in total. The number of hydrogen-bond donors (Lipinski definition) is 2. The van der Waals surface area contributed by atoms with Gasteiger partial charge in [-0.15, -0.1) is 0 Å². The first-order valence-corrected chi connectivity index (χ1v) is 5.43. The van der Waals surface area contributed by atoms with Gasteiger partial charge >= 0.3 is 0 Å². The van der Waals surface area contributed by atoms with Gasteiger partial charge in [0.2, 0.25) is 0 Å². The molecule has 0 radical (unpaired) electrons. The maximum Gasteiger partial charge on any atom is 0.0681 e. The average Bonchev–Trinajstić information content (AvgIpc) is 2.89. The summed E-state index contributed by atoms with van der Waals surface area (Å²) >= 11 is 0. The maximum absolute atomic E-state index is 8.54. The lowest BCUT2D eigenvalue weighted by molar-refractivity contribution is 0.282. The van der Waals surface area contributed by atoms with Crippen molar-refractivity contribution in [3.05, 3.63) is 66.4 Å². The van der Waals surface area contributed by atoms with Gasteiger partial charge in [0.1, 0.15) is 0 Å². The van der Waals surface area contributed by atoms with E-state index >= 15 is 0 Å². The molecule has 0 spiro atoms. The van der Waals surface area contributed by atoms with E-state index < -0.39 is 0 Å². The van der Waals surface area contributed by atoms with E-state index in [9.17, 15) is 0 Å². The fraction of sp³-hybridized carbons (Fsp3) is 0.0714. The minimum atomic E-state index is 0.140. The van der Waals surface area contributed by atoms with Gasteiger partial charge in [-0.05, 0) is 11.6 Å². The Morgan fingerprint density at radius 3 is 2.29 bits per heavy atom. The van der Waals surface area contributed by atoms with Crippen LogP contribution in [0.5, 0.6) is 0 Å². The van der Waals surface area contributed by atoms with Gasteiger partial charge in [0, 0.05) is 5.39 Å². The molecule has 0 saturated heterocycles. The quantitative estimate of drug-likeness (QED) is 0.670. The summed E-state index contributed by atoms with van der Waals surface area (Å²) in [5.41, 5.74) is 2.06. The molecule has 0 fully saturated rings. The largest absolute Gasteiger partial charge is 0.392 e. The van der Waals surface area contributed by atoms with E-state index in [1.165, 1.54) is 0 Å². The molecule has 1 aromatic heterocycles. The molecule has 0 amide bonds. The second kappa shape index (κ2) is 5.82. The lowest BCUT2D eigenvalue weighted by Crippen LogP contribution is -1.77. The molecule has 0 aliphatic rings. The normalized spacial score (nSPS) is 9.71. The van der Waals surface area contributed by atoms with Crippen LogP contribution in [0.1, 0.15) is 5.56 Å². The number of H-pyrrole nitrogens is 1. The highest BCUT2D eigenvalue weighted by Gasteiger charge is 1.88. The number of aliphatic hydroxyl groups excluding tert-OH is 1. The minimum absolute atomic E-state index is 0.140. The van der Waals surface area contributed by atoms with Crippen LogP contribution >= 0.6 is 0 Å². The number of aromatic amines is 1. The predicted octanol–water partition coefficient (Wildman–Crippen LogP) is 2.74. The maximum atomic E-state index is 8.54. The van der Waals surface area contributed by atoms with Crippen LogP contribution in [-0.2, 0) is 6.61 Å². The number of hydrogen-bond acceptors (Lipinski definition) is 2. The Morgan fingerprint density at radius 2 is 1.65 bits per heavy atom. The SMILES string of the molecule is OCc1ccccc1.c1ccc2[nH]ncc2c1. The minimum Gasteiger partial charge on any atom is -0.392 e. The second-order valence-electron chi connectivity index (χ2n) is 3.60. The highest BCUT2D eigenvalue weighted by Crippen LogP contribution is 2.06. The molecule has 1 heterocycles. The number of para-hydroxylation sites is 1. The Morgan fingerprint density at radius 1 is 0.941 bits per heavy atom. The molecule has 3 heteroatoms. The van der Waals surface area contributed by atoms with Gasteiger partial charge in [-0.2, -0.15) is 5.10 Å². The molecule has 17 heavy (non-hydrogen) atoms. The van der Waals surface area contributed by atoms with Crippen LogP contribution in [0, 0.1) is 0 Å². The zero-order valence-electron chi connectivity index (χ0n) is 9.38. The van der Waals surface area contributed by atoms with Gasteiger partial charge in [-0.3, -0.25) is 5.10 Å². The molecule has 2 aromatic carbocycles. The average molecular weight is 226 g/mol. The van der Waals surface area contributed by atoms with Crippen molar-refractivity contribution in [2.75, 3.05) is 0 Å². The Balaban J connectivity index is 0.000000128. The molecule has 3 nitrogen and oxygen atoms in total. The predicted molar refractivity (Wildman–Crippen MR) is 68.5 cm³/mol. The highest BCUT2D eigenvalue weighted by molar-refractivity contribution is 5.77. The molecule has 3 rings (SSSR count). The van der Waals surface area contributed by atoms with E-state index in [1.54, 1.807) is 0 Å². The third kappa shape index (κ3) is 3.16. The first-order valence-electron chi connectivity index (χ1n) is 5.43. The third-order valence-electron chi connectivity index (χ3n) is 2.37. The molecule has 0 aliphatic heterocycles. The lowest BCUT2D eigenvalue weighted by atomic mass is 10.2. The van der Waals surface area contributed by atoms with E-state index in [0.717, 1.165) is 16.5 Å². The van der Waals surface area contributed by atoms with Gasteiger partial charge in [0.25, 0.3) is 0 Å². The molecule has 0 aliphatic carbocycles. The summed E-state index contributed by atoms with van der Waals surface area (Å²) in [6.45, 7) is 0.140. The molecule has 0 saturated carbocycles. The van der Waals surface area contributed by atoms with Crippen molar-refractivity contribution >= 4 is 10.9 Å². The number of aliphatic hydroxyl groups is 1. The molecular formula is C14H14N2O. The van der Waals surface area contributed by atoms with Crippen LogP contribution in [0.15, 0.2) is 60.8 Å². The van der Waals surface area contributed by atoms with Gasteiger partial charge in [0.05, 0.1) is 18.3 Å². The number of aromatic nitrogens is 2. The second-order valence-corrected chi connectivity index (χ2v) is 3.60. The Kier molecular flexibility index (Phi) is 3.89. The van der Waals surface area contributed by atoms with Gasteiger partial charge in [0.15, 0.2) is 0 Å². The van der Waals surface area contributed by atoms with Gasteiger partial charge in [-0.1, -0.05) is 48.5 Å². The smallest absolute Gasteiger partial charge is 0.0681 e. The van der Waals surface area contributed by atoms with E-state index in [4.69, 9.17) is 5.11 Å². The molecule has 86 valence electrons. The molecule has 0 bridgehead atoms. The number of rotatable bonds is 1. The summed E-state index contributed by atoms with van der Waals surface area (Å²) in [6, 6.07) is 17.5. The number of benzene rings is 2. The zero-order valence-corrected chi connectivity index (χ0v) is 9.38. The van der Waals surface area contributed by atoms with Crippen molar-refractivity contribution in [1.82, 2.24) is 10.2 Å². The van der Waals surface area contributed by atoms with Gasteiger partial charge < -0.3 is 5.11 Å². The van der Waals surface area contributed by atoms with E-state index in [1.807, 2.05) is 60.8 Å². The summed E-state index contributed by atoms with van der Waals surface area (Å²) in [4.78, 5) is 0. The summed E-state index contributed by atoms with van der Waals surface area (Å²) < 4.78 is 0. The Bertz CT molecular complexity index is 530. The monoisotopic (exact) mass is 226 g/mol. The van der Waals surface area contributed by atoms with Crippen LogP contribution < -0.4 is 0 Å². The van der Waals surface area contributed by atoms with Crippen molar-refractivity contribution in [3.8, 4) is 0 Å². The van der Waals surface area contributed by atoms with Crippen molar-refractivity contribution in [1.29, 1.82) is 0 Å². The number of fused-ring (bicyclic) bond motifs is 1. The first-order chi connectivity index (χ1) is 8.40. The Hall–Kier alpha value is -2.13. The zero-order chi connectivity index (χ0) is 11.9. The summed E-state index contributed by atoms with van der Waals surface area (Å²) in [5.74, 6) is 0. The Labute approximate surface area is 99.7 Å². The van der Waals surface area contributed by atoms with E-state index in [2.05, 4.69) is 10.2 Å². The molecule has 0 unspecified atom stereocenters. The first kappa shape index (κ1) is 11.4. The van der Waals surface area contributed by atoms with Crippen LogP contribution in [0.4, 0.5) is 0 Å². The molecular weight excluding hydrogens is 212 g/mol. The lowest BCUT2D eigenvalue weighted by Gasteiger charge is -1.89. The van der Waals surface area contributed by atoms with Crippen molar-refractivity contribution < 1.29 is 5.11 Å². The fourth-order valence-electron chi connectivity index (χ4n) is 1.47. The van der Waals surface area contributed by atoms with Crippen molar-refractivity contribution in [3.63, 3.8) is 0 Å². The summed E-state index contributed by atoms with van der Waals surface area (Å²) in [7, 11) is 0. The number of nitrogens with zero attached hydrogens (tertiary/aromatic N) is 1. The third-order valence-corrected chi connectivity index (χ3v) is 2.37. The fourth-order valence-corrected chi connectivity index (χ4v) is 1.47. The molecule has 0 atom stereocenters. The van der Waals surface area contributed by atoms with Crippen LogP contribution in [0.3, 0.4) is 0 Å².